The number of rotatable bonds is 3. The summed E-state index contributed by atoms with van der Waals surface area (Å²) in [4.78, 5) is 19.7. The lowest BCUT2D eigenvalue weighted by molar-refractivity contribution is 0.553. The van der Waals surface area contributed by atoms with Gasteiger partial charge in [-0.2, -0.15) is 0 Å². The molecule has 4 aromatic rings. The summed E-state index contributed by atoms with van der Waals surface area (Å²) in [6, 6.07) is 23.4. The summed E-state index contributed by atoms with van der Waals surface area (Å²) in [7, 11) is 0. The third kappa shape index (κ3) is 4.94. The molecule has 0 saturated heterocycles. The highest BCUT2D eigenvalue weighted by Gasteiger charge is 2.32. The Morgan fingerprint density at radius 2 is 1.65 bits per heavy atom. The summed E-state index contributed by atoms with van der Waals surface area (Å²) in [6.45, 7) is 0. The number of halogens is 3. The van der Waals surface area contributed by atoms with E-state index in [0.29, 0.717) is 19.4 Å². The minimum atomic E-state index is -0.220. The lowest BCUT2D eigenvalue weighted by Gasteiger charge is -2.31. The van der Waals surface area contributed by atoms with Gasteiger partial charge in [0, 0.05) is 14.5 Å². The number of nitrogens with zero attached hydrogens (tertiary/aromatic N) is 2. The molecule has 0 saturated carbocycles. The maximum atomic E-state index is 13.8. The van der Waals surface area contributed by atoms with Gasteiger partial charge in [-0.1, -0.05) is 86.9 Å². The van der Waals surface area contributed by atoms with Gasteiger partial charge in [-0.15, -0.1) is 0 Å². The molecule has 0 amide bonds. The number of thiazole rings is 1. The monoisotopic (exact) mass is 606 g/mol. The molecule has 37 heavy (non-hydrogen) atoms. The van der Waals surface area contributed by atoms with Crippen molar-refractivity contribution < 1.29 is 0 Å². The van der Waals surface area contributed by atoms with Crippen LogP contribution in [0.15, 0.2) is 104 Å². The Labute approximate surface area is 236 Å². The van der Waals surface area contributed by atoms with E-state index in [2.05, 4.69) is 22.0 Å². The third-order valence-electron chi connectivity index (χ3n) is 6.68. The van der Waals surface area contributed by atoms with Gasteiger partial charge in [-0.05, 0) is 95.6 Å². The quantitative estimate of drug-likeness (QED) is 0.237. The smallest absolute Gasteiger partial charge is 0.271 e. The first-order valence-corrected chi connectivity index (χ1v) is 14.4. The van der Waals surface area contributed by atoms with E-state index in [9.17, 15) is 4.79 Å². The van der Waals surface area contributed by atoms with E-state index in [0.717, 1.165) is 46.1 Å². The summed E-state index contributed by atoms with van der Waals surface area (Å²) in [5.74, 6) is 0. The molecule has 1 aliphatic carbocycles. The van der Waals surface area contributed by atoms with Crippen LogP contribution in [0.4, 0.5) is 0 Å². The summed E-state index contributed by atoms with van der Waals surface area (Å²) < 4.78 is 3.50. The number of hydrogen-bond acceptors (Lipinski definition) is 3. The van der Waals surface area contributed by atoms with Crippen LogP contribution in [0.2, 0.25) is 10.0 Å². The summed E-state index contributed by atoms with van der Waals surface area (Å²) in [5.41, 5.74) is 6.43. The van der Waals surface area contributed by atoms with E-state index < -0.39 is 0 Å². The van der Waals surface area contributed by atoms with Gasteiger partial charge in [0.1, 0.15) is 0 Å². The average molecular weight is 608 g/mol. The highest BCUT2D eigenvalue weighted by atomic mass is 79.9. The SMILES string of the molecule is O=c1/c(=C\c2cccc(Br)c2)sc2n1[C@H](c1ccc(Cl)cc1)C1=C(N=2)/C(=C/c2ccc(Cl)cc2)CCC1. The van der Waals surface area contributed by atoms with Crippen molar-refractivity contribution in [2.24, 2.45) is 4.99 Å². The highest BCUT2D eigenvalue weighted by molar-refractivity contribution is 9.10. The predicted molar refractivity (Wildman–Crippen MR) is 157 cm³/mol. The molecule has 1 aromatic heterocycles. The highest BCUT2D eigenvalue weighted by Crippen LogP contribution is 2.41. The second-order valence-electron chi connectivity index (χ2n) is 9.14. The zero-order valence-corrected chi connectivity index (χ0v) is 23.5. The lowest BCUT2D eigenvalue weighted by Crippen LogP contribution is -2.39. The number of aromatic nitrogens is 1. The fourth-order valence-electron chi connectivity index (χ4n) is 5.01. The zero-order chi connectivity index (χ0) is 25.5. The second-order valence-corrected chi connectivity index (χ2v) is 11.9. The Morgan fingerprint density at radius 3 is 2.38 bits per heavy atom. The van der Waals surface area contributed by atoms with Crippen LogP contribution >= 0.6 is 50.5 Å². The minimum Gasteiger partial charge on any atom is -0.272 e. The van der Waals surface area contributed by atoms with Gasteiger partial charge in [0.05, 0.1) is 16.3 Å². The van der Waals surface area contributed by atoms with Crippen LogP contribution in [0, 0.1) is 0 Å². The lowest BCUT2D eigenvalue weighted by atomic mass is 9.84. The molecule has 6 rings (SSSR count). The maximum Gasteiger partial charge on any atom is 0.271 e. The van der Waals surface area contributed by atoms with Gasteiger partial charge in [0.25, 0.3) is 5.56 Å². The van der Waals surface area contributed by atoms with Gasteiger partial charge in [0.2, 0.25) is 0 Å². The number of hydrogen-bond donors (Lipinski definition) is 0. The van der Waals surface area contributed by atoms with Crippen LogP contribution in [-0.4, -0.2) is 4.57 Å². The Hall–Kier alpha value is -2.70. The molecule has 2 heterocycles. The zero-order valence-electron chi connectivity index (χ0n) is 19.6. The van der Waals surface area contributed by atoms with Crippen LogP contribution in [0.1, 0.15) is 42.0 Å². The average Bonchev–Trinajstić information content (AvgIpc) is 3.19. The largest absolute Gasteiger partial charge is 0.272 e. The molecule has 7 heteroatoms. The Bertz CT molecular complexity index is 1750. The number of benzene rings is 3. The fraction of sp³-hybridized carbons (Fsp3) is 0.133. The van der Waals surface area contributed by atoms with Crippen molar-refractivity contribution in [1.29, 1.82) is 0 Å². The van der Waals surface area contributed by atoms with E-state index in [1.165, 1.54) is 22.5 Å². The van der Waals surface area contributed by atoms with E-state index >= 15 is 0 Å². The molecule has 2 aliphatic rings. The molecule has 0 bridgehead atoms. The van der Waals surface area contributed by atoms with Crippen LogP contribution in [0.3, 0.4) is 0 Å². The molecule has 184 valence electrons. The Morgan fingerprint density at radius 1 is 0.919 bits per heavy atom. The van der Waals surface area contributed by atoms with E-state index in [4.69, 9.17) is 28.2 Å². The van der Waals surface area contributed by atoms with Crippen LogP contribution in [-0.2, 0) is 0 Å². The van der Waals surface area contributed by atoms with Gasteiger partial charge in [0.15, 0.2) is 4.80 Å². The molecule has 0 fully saturated rings. The van der Waals surface area contributed by atoms with Gasteiger partial charge in [-0.25, -0.2) is 4.99 Å². The Balaban J connectivity index is 1.57. The first kappa shape index (κ1) is 24.6. The van der Waals surface area contributed by atoms with Gasteiger partial charge in [-0.3, -0.25) is 9.36 Å². The predicted octanol–water partition coefficient (Wildman–Crippen LogP) is 7.55. The first-order valence-electron chi connectivity index (χ1n) is 12.0. The molecule has 1 aliphatic heterocycles. The van der Waals surface area contributed by atoms with Gasteiger partial charge < -0.3 is 0 Å². The van der Waals surface area contributed by atoms with Crippen molar-refractivity contribution >= 4 is 62.6 Å². The normalized spacial score (nSPS) is 18.5. The topological polar surface area (TPSA) is 34.4 Å². The van der Waals surface area contributed by atoms with Crippen LogP contribution in [0.25, 0.3) is 12.2 Å². The van der Waals surface area contributed by atoms with Crippen molar-refractivity contribution in [1.82, 2.24) is 4.57 Å². The summed E-state index contributed by atoms with van der Waals surface area (Å²) in [5, 5.41) is 1.39. The maximum absolute atomic E-state index is 13.8. The fourth-order valence-corrected chi connectivity index (χ4v) is 6.68. The third-order valence-corrected chi connectivity index (χ3v) is 8.66. The Kier molecular flexibility index (Phi) is 6.80. The van der Waals surface area contributed by atoms with Crippen molar-refractivity contribution in [3.63, 3.8) is 0 Å². The molecular weight excluding hydrogens is 587 g/mol. The molecular formula is C30H21BrCl2N2OS. The van der Waals surface area contributed by atoms with Crippen molar-refractivity contribution in [3.05, 3.63) is 141 Å². The minimum absolute atomic E-state index is 0.0240. The van der Waals surface area contributed by atoms with Crippen molar-refractivity contribution in [3.8, 4) is 0 Å². The van der Waals surface area contributed by atoms with E-state index in [1.807, 2.05) is 83.4 Å². The van der Waals surface area contributed by atoms with E-state index in [-0.39, 0.29) is 11.6 Å². The molecule has 0 spiro atoms. The van der Waals surface area contributed by atoms with Crippen molar-refractivity contribution in [2.45, 2.75) is 25.3 Å². The second kappa shape index (κ2) is 10.2. The van der Waals surface area contributed by atoms with Crippen LogP contribution < -0.4 is 14.9 Å². The molecule has 0 N–H and O–H groups in total. The molecule has 3 nitrogen and oxygen atoms in total. The molecule has 0 unspecified atom stereocenters. The molecule has 3 aromatic carbocycles. The number of fused-ring (bicyclic) bond motifs is 1. The molecule has 0 radical (unpaired) electrons. The number of allylic oxidation sites excluding steroid dienone is 2. The molecule has 1 atom stereocenters. The summed E-state index contributed by atoms with van der Waals surface area (Å²) in [6.07, 6.45) is 6.97. The summed E-state index contributed by atoms with van der Waals surface area (Å²) >= 11 is 17.3. The van der Waals surface area contributed by atoms with Crippen LogP contribution in [0.5, 0.6) is 0 Å². The first-order chi connectivity index (χ1) is 18.0. The van der Waals surface area contributed by atoms with E-state index in [1.54, 1.807) is 0 Å². The standard InChI is InChI=1S/C30H21BrCl2N2OS/c31-22-5-1-3-19(16-22)17-26-29(36)35-28(20-9-13-24(33)14-10-20)25-6-2-4-21(27(25)34-30(35)37-26)15-18-7-11-23(32)12-8-18/h1,3,5,7-17,28H,2,4,6H2/b21-15+,26-17+/t28-/m1/s1. The van der Waals surface area contributed by atoms with Gasteiger partial charge >= 0.3 is 0 Å². The van der Waals surface area contributed by atoms with Crippen molar-refractivity contribution in [2.75, 3.05) is 0 Å².